The van der Waals surface area contributed by atoms with Crippen LogP contribution in [-0.4, -0.2) is 18.0 Å². The lowest BCUT2D eigenvalue weighted by Crippen LogP contribution is -2.28. The molecule has 1 aliphatic rings. The van der Waals surface area contributed by atoms with Gasteiger partial charge < -0.3 is 4.90 Å². The Morgan fingerprint density at radius 2 is 1.93 bits per heavy atom. The second-order valence-corrected chi connectivity index (χ2v) is 3.98. The first-order valence-corrected chi connectivity index (χ1v) is 6.13. The molecule has 0 spiro atoms. The van der Waals surface area contributed by atoms with Gasteiger partial charge in [-0.1, -0.05) is 25.2 Å². The normalized spacial score (nSPS) is 19.3. The van der Waals surface area contributed by atoms with Crippen molar-refractivity contribution in [1.82, 2.24) is 4.90 Å². The second-order valence-electron chi connectivity index (χ2n) is 3.98. The maximum atomic E-state index is 2.49. The maximum Gasteiger partial charge on any atom is 0.0362 e. The van der Waals surface area contributed by atoms with E-state index in [1.807, 2.05) is 0 Å². The number of piperidine rings is 1. The van der Waals surface area contributed by atoms with Crippen LogP contribution in [0.3, 0.4) is 0 Å². The molecule has 0 radical (unpaired) electrons. The van der Waals surface area contributed by atoms with Crippen LogP contribution >= 0.6 is 0 Å². The molecule has 1 fully saturated rings. The highest BCUT2D eigenvalue weighted by Crippen LogP contribution is 2.15. The van der Waals surface area contributed by atoms with Crippen molar-refractivity contribution in [1.29, 1.82) is 0 Å². The maximum absolute atomic E-state index is 2.49. The molecular weight excluding hydrogens is 182 g/mol. The lowest BCUT2D eigenvalue weighted by molar-refractivity contribution is 0.293. The van der Waals surface area contributed by atoms with Crippen LogP contribution in [0.2, 0.25) is 0 Å². The van der Waals surface area contributed by atoms with Gasteiger partial charge in [0.25, 0.3) is 0 Å². The van der Waals surface area contributed by atoms with Gasteiger partial charge in [-0.3, -0.25) is 0 Å². The van der Waals surface area contributed by atoms with Gasteiger partial charge in [0.05, 0.1) is 0 Å². The molecule has 1 aliphatic heterocycles. The van der Waals surface area contributed by atoms with E-state index in [1.54, 1.807) is 0 Å². The Kier molecular flexibility index (Phi) is 5.91. The van der Waals surface area contributed by atoms with E-state index < -0.39 is 0 Å². The van der Waals surface area contributed by atoms with Gasteiger partial charge in [-0.15, -0.1) is 0 Å². The number of nitrogens with zero attached hydrogens (tertiary/aromatic N) is 1. The Balaban J connectivity index is 2.62. The molecule has 0 unspecified atom stereocenters. The predicted molar refractivity (Wildman–Crippen MR) is 67.8 cm³/mol. The number of hydrogen-bond donors (Lipinski definition) is 0. The molecular formula is C14H23N. The van der Waals surface area contributed by atoms with Crippen LogP contribution in [0.15, 0.2) is 36.1 Å². The van der Waals surface area contributed by atoms with E-state index in [1.165, 1.54) is 38.0 Å². The van der Waals surface area contributed by atoms with Crippen molar-refractivity contribution < 1.29 is 0 Å². The molecule has 1 rings (SSSR count). The van der Waals surface area contributed by atoms with Gasteiger partial charge in [-0.25, -0.2) is 0 Å². The van der Waals surface area contributed by atoms with Crippen molar-refractivity contribution in [2.45, 2.75) is 39.5 Å². The topological polar surface area (TPSA) is 3.24 Å². The highest BCUT2D eigenvalue weighted by Gasteiger charge is 2.10. The molecule has 1 nitrogen and oxygen atoms in total. The number of likely N-dealkylation sites (tertiary alicyclic amines) is 1. The molecule has 0 aromatic rings. The SMILES string of the molecule is C\C=C/C(=C\C=C\CC)N1CCCCC1. The molecule has 1 saturated heterocycles. The van der Waals surface area contributed by atoms with Gasteiger partial charge in [0, 0.05) is 18.8 Å². The molecule has 0 aliphatic carbocycles. The fourth-order valence-corrected chi connectivity index (χ4v) is 1.89. The van der Waals surface area contributed by atoms with Crippen molar-refractivity contribution in [3.63, 3.8) is 0 Å². The predicted octanol–water partition coefficient (Wildman–Crippen LogP) is 3.90. The summed E-state index contributed by atoms with van der Waals surface area (Å²) in [6.45, 7) is 6.69. The lowest BCUT2D eigenvalue weighted by atomic mass is 10.1. The summed E-state index contributed by atoms with van der Waals surface area (Å²) in [4.78, 5) is 2.49. The van der Waals surface area contributed by atoms with E-state index >= 15 is 0 Å². The molecule has 1 heteroatoms. The summed E-state index contributed by atoms with van der Waals surface area (Å²) in [5, 5.41) is 0. The van der Waals surface area contributed by atoms with E-state index in [0.29, 0.717) is 0 Å². The summed E-state index contributed by atoms with van der Waals surface area (Å²) < 4.78 is 0. The Bertz CT molecular complexity index is 242. The van der Waals surface area contributed by atoms with Crippen LogP contribution in [0, 0.1) is 0 Å². The third-order valence-corrected chi connectivity index (χ3v) is 2.70. The molecule has 15 heavy (non-hydrogen) atoms. The average Bonchev–Trinajstić information content (AvgIpc) is 2.29. The zero-order valence-corrected chi connectivity index (χ0v) is 10.1. The third-order valence-electron chi connectivity index (χ3n) is 2.70. The standard InChI is InChI=1S/C14H23N/c1-3-5-7-11-14(10-4-2)15-12-8-6-9-13-15/h4-5,7,10-11H,3,6,8-9,12-13H2,1-2H3/b7-5+,10-4-,14-11+. The van der Waals surface area contributed by atoms with Crippen molar-refractivity contribution >= 4 is 0 Å². The highest BCUT2D eigenvalue weighted by atomic mass is 15.1. The molecule has 84 valence electrons. The summed E-state index contributed by atoms with van der Waals surface area (Å²) >= 11 is 0. The molecule has 0 amide bonds. The zero-order valence-electron chi connectivity index (χ0n) is 10.1. The third kappa shape index (κ3) is 4.37. The Morgan fingerprint density at radius 3 is 2.53 bits per heavy atom. The summed E-state index contributed by atoms with van der Waals surface area (Å²) in [5.74, 6) is 0. The lowest BCUT2D eigenvalue weighted by Gasteiger charge is -2.29. The largest absolute Gasteiger partial charge is 0.372 e. The van der Waals surface area contributed by atoms with Crippen molar-refractivity contribution in [3.8, 4) is 0 Å². The monoisotopic (exact) mass is 205 g/mol. The quantitative estimate of drug-likeness (QED) is 0.629. The zero-order chi connectivity index (χ0) is 10.9. The Labute approximate surface area is 94.2 Å². The van der Waals surface area contributed by atoms with E-state index in [4.69, 9.17) is 0 Å². The van der Waals surface area contributed by atoms with Crippen molar-refractivity contribution in [2.75, 3.05) is 13.1 Å². The van der Waals surface area contributed by atoms with Crippen LogP contribution in [-0.2, 0) is 0 Å². The smallest absolute Gasteiger partial charge is 0.0362 e. The van der Waals surface area contributed by atoms with Gasteiger partial charge in [0.15, 0.2) is 0 Å². The van der Waals surface area contributed by atoms with Crippen molar-refractivity contribution in [3.05, 3.63) is 36.1 Å². The molecule has 0 aromatic carbocycles. The first-order chi connectivity index (χ1) is 7.38. The summed E-state index contributed by atoms with van der Waals surface area (Å²) in [5.41, 5.74) is 1.36. The van der Waals surface area contributed by atoms with E-state index in [-0.39, 0.29) is 0 Å². The number of rotatable bonds is 4. The molecule has 0 bridgehead atoms. The molecule has 0 saturated carbocycles. The average molecular weight is 205 g/mol. The first kappa shape index (κ1) is 12.1. The van der Waals surface area contributed by atoms with Crippen LogP contribution in [0.5, 0.6) is 0 Å². The van der Waals surface area contributed by atoms with Gasteiger partial charge >= 0.3 is 0 Å². The minimum absolute atomic E-state index is 1.11. The van der Waals surface area contributed by atoms with E-state index in [2.05, 4.69) is 49.1 Å². The van der Waals surface area contributed by atoms with Gasteiger partial charge in [-0.05, 0) is 44.8 Å². The van der Waals surface area contributed by atoms with Crippen molar-refractivity contribution in [2.24, 2.45) is 0 Å². The minimum Gasteiger partial charge on any atom is -0.372 e. The summed E-state index contributed by atoms with van der Waals surface area (Å²) in [7, 11) is 0. The van der Waals surface area contributed by atoms with E-state index in [9.17, 15) is 0 Å². The van der Waals surface area contributed by atoms with Crippen LogP contribution in [0.25, 0.3) is 0 Å². The Morgan fingerprint density at radius 1 is 1.20 bits per heavy atom. The van der Waals surface area contributed by atoms with Crippen LogP contribution in [0.1, 0.15) is 39.5 Å². The van der Waals surface area contributed by atoms with Crippen LogP contribution < -0.4 is 0 Å². The Hall–Kier alpha value is -0.980. The second kappa shape index (κ2) is 7.33. The fourth-order valence-electron chi connectivity index (χ4n) is 1.89. The number of hydrogen-bond acceptors (Lipinski definition) is 1. The fraction of sp³-hybridized carbons (Fsp3) is 0.571. The summed E-state index contributed by atoms with van der Waals surface area (Å²) in [6, 6.07) is 0. The highest BCUT2D eigenvalue weighted by molar-refractivity contribution is 5.22. The number of allylic oxidation sites excluding steroid dienone is 5. The minimum atomic E-state index is 1.11. The van der Waals surface area contributed by atoms with Gasteiger partial charge in [0.1, 0.15) is 0 Å². The molecule has 0 N–H and O–H groups in total. The molecule has 0 atom stereocenters. The summed E-state index contributed by atoms with van der Waals surface area (Å²) in [6.07, 6.45) is 16.1. The molecule has 1 heterocycles. The van der Waals surface area contributed by atoms with Gasteiger partial charge in [-0.2, -0.15) is 0 Å². The van der Waals surface area contributed by atoms with Crippen LogP contribution in [0.4, 0.5) is 0 Å². The van der Waals surface area contributed by atoms with E-state index in [0.717, 1.165) is 6.42 Å². The molecule has 0 aromatic heterocycles. The first-order valence-electron chi connectivity index (χ1n) is 6.13. The van der Waals surface area contributed by atoms with Gasteiger partial charge in [0.2, 0.25) is 0 Å².